The van der Waals surface area contributed by atoms with Gasteiger partial charge in [-0.15, -0.1) is 0 Å². The van der Waals surface area contributed by atoms with Crippen LogP contribution in [-0.2, 0) is 13.1 Å². The van der Waals surface area contributed by atoms with E-state index in [0.29, 0.717) is 4.47 Å². The summed E-state index contributed by atoms with van der Waals surface area (Å²) in [5.41, 5.74) is 1.00. The Morgan fingerprint density at radius 2 is 2.12 bits per heavy atom. The molecule has 0 amide bonds. The topological polar surface area (TPSA) is 48.7 Å². The summed E-state index contributed by atoms with van der Waals surface area (Å²) in [7, 11) is 1.82. The minimum Gasteiger partial charge on any atom is -0.354 e. The van der Waals surface area contributed by atoms with Crippen molar-refractivity contribution in [1.29, 1.82) is 0 Å². The monoisotopic (exact) mass is 422 g/mol. The molecular weight excluding hydrogens is 399 g/mol. The number of rotatable bonds is 5. The number of hydrogen-bond acceptors (Lipinski definition) is 3. The van der Waals surface area contributed by atoms with Crippen LogP contribution in [0.1, 0.15) is 5.56 Å². The van der Waals surface area contributed by atoms with Crippen molar-refractivity contribution in [2.75, 3.05) is 39.8 Å². The lowest BCUT2D eigenvalue weighted by molar-refractivity contribution is 0.172. The largest absolute Gasteiger partial charge is 0.354 e. The first-order valence-corrected chi connectivity index (χ1v) is 9.52. The third-order valence-corrected chi connectivity index (χ3v) is 5.13. The Labute approximate surface area is 161 Å². The Morgan fingerprint density at radius 1 is 1.31 bits per heavy atom. The summed E-state index contributed by atoms with van der Waals surface area (Å²) >= 11 is 3.20. The molecule has 3 rings (SSSR count). The second kappa shape index (κ2) is 9.14. The van der Waals surface area contributed by atoms with E-state index >= 15 is 0 Å². The van der Waals surface area contributed by atoms with Gasteiger partial charge in [0.25, 0.3) is 0 Å². The molecule has 1 fully saturated rings. The predicted octanol–water partition coefficient (Wildman–Crippen LogP) is 2.18. The molecule has 0 unspecified atom stereocenters. The molecule has 2 aromatic rings. The van der Waals surface area contributed by atoms with Crippen LogP contribution in [0.25, 0.3) is 0 Å². The van der Waals surface area contributed by atoms with Gasteiger partial charge in [0.2, 0.25) is 0 Å². The Morgan fingerprint density at radius 3 is 2.77 bits per heavy atom. The van der Waals surface area contributed by atoms with Crippen LogP contribution in [-0.4, -0.2) is 65.1 Å². The summed E-state index contributed by atoms with van der Waals surface area (Å²) in [5, 5.41) is 3.41. The molecule has 140 valence electrons. The lowest BCUT2D eigenvalue weighted by Gasteiger charge is -2.36. The second-order valence-electron chi connectivity index (χ2n) is 6.29. The molecule has 6 nitrogen and oxygen atoms in total. The molecule has 0 atom stereocenters. The maximum absolute atomic E-state index is 13.7. The van der Waals surface area contributed by atoms with Gasteiger partial charge in [-0.2, -0.15) is 0 Å². The lowest BCUT2D eigenvalue weighted by atomic mass is 10.2. The van der Waals surface area contributed by atoms with Crippen LogP contribution in [0.2, 0.25) is 0 Å². The number of aromatic nitrogens is 2. The van der Waals surface area contributed by atoms with E-state index in [-0.39, 0.29) is 5.82 Å². The maximum atomic E-state index is 13.7. The van der Waals surface area contributed by atoms with Crippen LogP contribution in [0.5, 0.6) is 0 Å². The summed E-state index contributed by atoms with van der Waals surface area (Å²) < 4.78 is 16.2. The summed E-state index contributed by atoms with van der Waals surface area (Å²) in [6, 6.07) is 5.34. The van der Waals surface area contributed by atoms with E-state index in [0.717, 1.165) is 57.3 Å². The van der Waals surface area contributed by atoms with Crippen molar-refractivity contribution in [2.45, 2.75) is 13.1 Å². The van der Waals surface area contributed by atoms with Gasteiger partial charge in [0.1, 0.15) is 5.82 Å². The van der Waals surface area contributed by atoms with E-state index in [4.69, 9.17) is 0 Å². The molecule has 8 heteroatoms. The molecule has 1 saturated heterocycles. The summed E-state index contributed by atoms with van der Waals surface area (Å²) in [5.74, 6) is 0.725. The molecule has 0 bridgehead atoms. The van der Waals surface area contributed by atoms with E-state index in [1.54, 1.807) is 18.3 Å². The second-order valence-corrected chi connectivity index (χ2v) is 7.14. The van der Waals surface area contributed by atoms with Crippen molar-refractivity contribution in [3.8, 4) is 0 Å². The van der Waals surface area contributed by atoms with Crippen molar-refractivity contribution < 1.29 is 4.39 Å². The number of piperazine rings is 1. The van der Waals surface area contributed by atoms with Crippen LogP contribution < -0.4 is 5.32 Å². The fraction of sp³-hybridized carbons (Fsp3) is 0.444. The van der Waals surface area contributed by atoms with Gasteiger partial charge >= 0.3 is 0 Å². The Bertz CT molecular complexity index is 725. The molecule has 0 spiro atoms. The summed E-state index contributed by atoms with van der Waals surface area (Å²) in [6.45, 7) is 6.10. The van der Waals surface area contributed by atoms with Crippen LogP contribution in [0, 0.1) is 5.82 Å². The Balaban J connectivity index is 1.44. The fourth-order valence-electron chi connectivity index (χ4n) is 3.06. The van der Waals surface area contributed by atoms with Crippen LogP contribution in [0.3, 0.4) is 0 Å². The number of hydrogen-bond donors (Lipinski definition) is 1. The Kier molecular flexibility index (Phi) is 6.62. The highest BCUT2D eigenvalue weighted by atomic mass is 79.9. The van der Waals surface area contributed by atoms with Gasteiger partial charge < -0.3 is 14.8 Å². The van der Waals surface area contributed by atoms with E-state index in [2.05, 4.69) is 41.0 Å². The molecule has 1 aromatic carbocycles. The SMILES string of the molecule is CN=C(NCCn1ccnc1)N1CCN(Cc2ccc(Br)c(F)c2)CC1. The highest BCUT2D eigenvalue weighted by Gasteiger charge is 2.19. The minimum atomic E-state index is -0.205. The van der Waals surface area contributed by atoms with Gasteiger partial charge in [-0.3, -0.25) is 9.89 Å². The molecule has 0 aliphatic carbocycles. The van der Waals surface area contributed by atoms with Crippen LogP contribution in [0.15, 0.2) is 46.4 Å². The molecule has 1 aromatic heterocycles. The average molecular weight is 423 g/mol. The molecule has 1 N–H and O–H groups in total. The van der Waals surface area contributed by atoms with Crippen molar-refractivity contribution in [1.82, 2.24) is 24.7 Å². The molecule has 2 heterocycles. The molecule has 1 aliphatic heterocycles. The third kappa shape index (κ3) is 5.04. The normalized spacial score (nSPS) is 16.1. The molecule has 0 saturated carbocycles. The first-order valence-electron chi connectivity index (χ1n) is 8.73. The van der Waals surface area contributed by atoms with Gasteiger partial charge in [-0.25, -0.2) is 9.37 Å². The van der Waals surface area contributed by atoms with Gasteiger partial charge in [-0.05, 0) is 33.6 Å². The van der Waals surface area contributed by atoms with E-state index in [1.807, 2.05) is 30.2 Å². The highest BCUT2D eigenvalue weighted by molar-refractivity contribution is 9.10. The lowest BCUT2D eigenvalue weighted by Crippen LogP contribution is -2.52. The number of guanidine groups is 1. The first-order chi connectivity index (χ1) is 12.7. The van der Waals surface area contributed by atoms with E-state index < -0.39 is 0 Å². The van der Waals surface area contributed by atoms with Crippen LogP contribution >= 0.6 is 15.9 Å². The zero-order chi connectivity index (χ0) is 18.4. The zero-order valence-corrected chi connectivity index (χ0v) is 16.5. The smallest absolute Gasteiger partial charge is 0.193 e. The molecular formula is C18H24BrFN6. The summed E-state index contributed by atoms with van der Waals surface area (Å²) in [4.78, 5) is 13.1. The molecule has 1 aliphatic rings. The van der Waals surface area contributed by atoms with Crippen molar-refractivity contribution >= 4 is 21.9 Å². The Hall–Kier alpha value is -1.93. The summed E-state index contributed by atoms with van der Waals surface area (Å²) in [6.07, 6.45) is 5.55. The fourth-order valence-corrected chi connectivity index (χ4v) is 3.31. The first kappa shape index (κ1) is 18.8. The van der Waals surface area contributed by atoms with Gasteiger partial charge in [0.15, 0.2) is 5.96 Å². The molecule has 0 radical (unpaired) electrons. The van der Waals surface area contributed by atoms with E-state index in [1.165, 1.54) is 0 Å². The highest BCUT2D eigenvalue weighted by Crippen LogP contribution is 2.18. The van der Waals surface area contributed by atoms with E-state index in [9.17, 15) is 4.39 Å². The minimum absolute atomic E-state index is 0.205. The van der Waals surface area contributed by atoms with Crippen LogP contribution in [0.4, 0.5) is 4.39 Å². The number of nitrogens with one attached hydrogen (secondary N) is 1. The van der Waals surface area contributed by atoms with Gasteiger partial charge in [0.05, 0.1) is 10.8 Å². The van der Waals surface area contributed by atoms with Crippen molar-refractivity contribution in [3.63, 3.8) is 0 Å². The number of aliphatic imine (C=N–C) groups is 1. The number of imidazole rings is 1. The third-order valence-electron chi connectivity index (χ3n) is 4.49. The quantitative estimate of drug-likeness (QED) is 0.592. The predicted molar refractivity (Wildman–Crippen MR) is 105 cm³/mol. The molecule has 26 heavy (non-hydrogen) atoms. The number of nitrogens with zero attached hydrogens (tertiary/aromatic N) is 5. The number of benzene rings is 1. The maximum Gasteiger partial charge on any atom is 0.193 e. The van der Waals surface area contributed by atoms with Crippen molar-refractivity contribution in [2.24, 2.45) is 4.99 Å². The van der Waals surface area contributed by atoms with Gasteiger partial charge in [-0.1, -0.05) is 6.07 Å². The number of halogens is 2. The standard InChI is InChI=1S/C18H24BrFN6/c1-21-18(23-5-7-25-6-4-22-14-25)26-10-8-24(9-11-26)13-15-2-3-16(19)17(20)12-15/h2-4,6,12,14H,5,7-11,13H2,1H3,(H,21,23). The zero-order valence-electron chi connectivity index (χ0n) is 14.9. The van der Waals surface area contributed by atoms with Crippen molar-refractivity contribution in [3.05, 3.63) is 52.8 Å². The average Bonchev–Trinajstić information content (AvgIpc) is 3.16. The van der Waals surface area contributed by atoms with Gasteiger partial charge in [0, 0.05) is 65.3 Å².